The predicted molar refractivity (Wildman–Crippen MR) is 77.1 cm³/mol. The zero-order valence-electron chi connectivity index (χ0n) is 11.2. The summed E-state index contributed by atoms with van der Waals surface area (Å²) >= 11 is 0. The van der Waals surface area contributed by atoms with Crippen LogP contribution in [-0.2, 0) is 4.79 Å². The summed E-state index contributed by atoms with van der Waals surface area (Å²) in [6, 6.07) is 9.19. The lowest BCUT2D eigenvalue weighted by Crippen LogP contribution is -2.34. The van der Waals surface area contributed by atoms with Gasteiger partial charge in [0.2, 0.25) is 0 Å². The second-order valence-electron chi connectivity index (χ2n) is 5.24. The molecule has 3 rings (SSSR count). The minimum absolute atomic E-state index is 0.121. The first-order valence-corrected chi connectivity index (χ1v) is 6.69. The molecule has 1 aliphatic rings. The minimum Gasteiger partial charge on any atom is -0.481 e. The third-order valence-corrected chi connectivity index (χ3v) is 4.12. The number of carboxylic acid groups (broad SMARTS) is 1. The van der Waals surface area contributed by atoms with Crippen molar-refractivity contribution in [1.82, 2.24) is 4.98 Å². The Morgan fingerprint density at radius 2 is 2.15 bits per heavy atom. The first kappa shape index (κ1) is 12.7. The molecule has 1 fully saturated rings. The van der Waals surface area contributed by atoms with Crippen LogP contribution >= 0.6 is 0 Å². The molecule has 1 aliphatic heterocycles. The Kier molecular flexibility index (Phi) is 2.97. The van der Waals surface area contributed by atoms with E-state index in [9.17, 15) is 14.7 Å². The van der Waals surface area contributed by atoms with Crippen LogP contribution in [0.2, 0.25) is 0 Å². The average Bonchev–Trinajstić information content (AvgIpc) is 2.80. The van der Waals surface area contributed by atoms with E-state index in [2.05, 4.69) is 4.98 Å². The highest BCUT2D eigenvalue weighted by molar-refractivity contribution is 5.84. The molecule has 0 amide bonds. The molecule has 104 valence electrons. The molecule has 20 heavy (non-hydrogen) atoms. The smallest absolute Gasteiger partial charge is 0.308 e. The number of aromatic amines is 1. The SMILES string of the molecule is CC1C(C(=O)O)CCN1c1cc2ccccc2c(=O)[nH]1. The van der Waals surface area contributed by atoms with Crippen LogP contribution < -0.4 is 10.5 Å². The first-order chi connectivity index (χ1) is 9.58. The number of H-pyrrole nitrogens is 1. The van der Waals surface area contributed by atoms with E-state index in [0.29, 0.717) is 24.2 Å². The zero-order chi connectivity index (χ0) is 14.3. The van der Waals surface area contributed by atoms with E-state index in [4.69, 9.17) is 0 Å². The fourth-order valence-electron chi connectivity index (χ4n) is 2.96. The lowest BCUT2D eigenvalue weighted by atomic mass is 10.0. The second-order valence-corrected chi connectivity index (χ2v) is 5.24. The summed E-state index contributed by atoms with van der Waals surface area (Å²) in [4.78, 5) is 28.1. The molecule has 5 nitrogen and oxygen atoms in total. The van der Waals surface area contributed by atoms with E-state index in [1.807, 2.05) is 36.1 Å². The molecule has 2 aromatic rings. The van der Waals surface area contributed by atoms with Crippen molar-refractivity contribution in [2.75, 3.05) is 11.4 Å². The van der Waals surface area contributed by atoms with Crippen molar-refractivity contribution in [3.05, 3.63) is 40.7 Å². The van der Waals surface area contributed by atoms with Crippen LogP contribution in [0.4, 0.5) is 5.82 Å². The van der Waals surface area contributed by atoms with Gasteiger partial charge in [-0.25, -0.2) is 0 Å². The summed E-state index contributed by atoms with van der Waals surface area (Å²) < 4.78 is 0. The maximum atomic E-state index is 12.1. The van der Waals surface area contributed by atoms with Crippen molar-refractivity contribution < 1.29 is 9.90 Å². The van der Waals surface area contributed by atoms with Gasteiger partial charge in [0.1, 0.15) is 5.82 Å². The zero-order valence-corrected chi connectivity index (χ0v) is 11.2. The fourth-order valence-corrected chi connectivity index (χ4v) is 2.96. The number of rotatable bonds is 2. The van der Waals surface area contributed by atoms with Gasteiger partial charge >= 0.3 is 5.97 Å². The Balaban J connectivity index is 2.03. The normalized spacial score (nSPS) is 22.4. The van der Waals surface area contributed by atoms with Crippen LogP contribution in [-0.4, -0.2) is 28.6 Å². The molecule has 0 spiro atoms. The quantitative estimate of drug-likeness (QED) is 0.874. The summed E-state index contributed by atoms with van der Waals surface area (Å²) in [5.41, 5.74) is -0.135. The largest absolute Gasteiger partial charge is 0.481 e. The van der Waals surface area contributed by atoms with Gasteiger partial charge in [0, 0.05) is 18.0 Å². The summed E-state index contributed by atoms with van der Waals surface area (Å²) in [6.07, 6.45) is 0.603. The molecule has 1 aromatic carbocycles. The van der Waals surface area contributed by atoms with Gasteiger partial charge in [-0.15, -0.1) is 0 Å². The number of hydrogen-bond acceptors (Lipinski definition) is 3. The molecule has 2 heterocycles. The minimum atomic E-state index is -0.775. The molecular weight excluding hydrogens is 256 g/mol. The Labute approximate surface area is 115 Å². The lowest BCUT2D eigenvalue weighted by Gasteiger charge is -2.25. The lowest BCUT2D eigenvalue weighted by molar-refractivity contribution is -0.141. The number of aliphatic carboxylic acids is 1. The molecule has 1 aromatic heterocycles. The van der Waals surface area contributed by atoms with Crippen LogP contribution in [0.15, 0.2) is 35.1 Å². The van der Waals surface area contributed by atoms with Crippen LogP contribution in [0.5, 0.6) is 0 Å². The van der Waals surface area contributed by atoms with Crippen LogP contribution in [0, 0.1) is 5.92 Å². The molecular formula is C15H16N2O3. The Bertz CT molecular complexity index is 722. The number of fused-ring (bicyclic) bond motifs is 1. The van der Waals surface area contributed by atoms with Gasteiger partial charge in [0.25, 0.3) is 5.56 Å². The average molecular weight is 272 g/mol. The summed E-state index contributed by atoms with van der Waals surface area (Å²) in [6.45, 7) is 2.53. The summed E-state index contributed by atoms with van der Waals surface area (Å²) in [5, 5.41) is 10.7. The van der Waals surface area contributed by atoms with E-state index < -0.39 is 5.97 Å². The van der Waals surface area contributed by atoms with E-state index in [-0.39, 0.29) is 17.5 Å². The highest BCUT2D eigenvalue weighted by atomic mass is 16.4. The third-order valence-electron chi connectivity index (χ3n) is 4.12. The number of aromatic nitrogens is 1. The standard InChI is InChI=1S/C15H16N2O3/c1-9-11(15(19)20)6-7-17(9)13-8-10-4-2-3-5-12(10)14(18)16-13/h2-5,8-9,11H,6-7H2,1H3,(H,16,18)(H,19,20). The van der Waals surface area contributed by atoms with E-state index in [1.54, 1.807) is 6.07 Å². The van der Waals surface area contributed by atoms with Crippen LogP contribution in [0.1, 0.15) is 13.3 Å². The molecule has 0 aliphatic carbocycles. The number of carboxylic acids is 1. The van der Waals surface area contributed by atoms with Gasteiger partial charge < -0.3 is 15.0 Å². The van der Waals surface area contributed by atoms with Crippen LogP contribution in [0.25, 0.3) is 10.8 Å². The van der Waals surface area contributed by atoms with Crippen molar-refractivity contribution in [2.24, 2.45) is 5.92 Å². The van der Waals surface area contributed by atoms with E-state index in [1.165, 1.54) is 0 Å². The molecule has 2 N–H and O–H groups in total. The Hall–Kier alpha value is -2.30. The summed E-state index contributed by atoms with van der Waals surface area (Å²) in [5.74, 6) is -0.460. The molecule has 0 bridgehead atoms. The Morgan fingerprint density at radius 1 is 1.40 bits per heavy atom. The molecule has 2 atom stereocenters. The number of benzene rings is 1. The maximum absolute atomic E-state index is 12.1. The maximum Gasteiger partial charge on any atom is 0.308 e. The monoisotopic (exact) mass is 272 g/mol. The van der Waals surface area contributed by atoms with Gasteiger partial charge in [-0.1, -0.05) is 18.2 Å². The first-order valence-electron chi connectivity index (χ1n) is 6.69. The number of pyridine rings is 1. The fraction of sp³-hybridized carbons (Fsp3) is 0.333. The van der Waals surface area contributed by atoms with Crippen molar-refractivity contribution >= 4 is 22.6 Å². The second kappa shape index (κ2) is 4.67. The summed E-state index contributed by atoms with van der Waals surface area (Å²) in [7, 11) is 0. The number of nitrogens with zero attached hydrogens (tertiary/aromatic N) is 1. The van der Waals surface area contributed by atoms with Gasteiger partial charge in [-0.05, 0) is 30.9 Å². The van der Waals surface area contributed by atoms with Gasteiger partial charge in [-0.3, -0.25) is 9.59 Å². The number of carbonyl (C=O) groups is 1. The predicted octanol–water partition coefficient (Wildman–Crippen LogP) is 1.83. The van der Waals surface area contributed by atoms with E-state index in [0.717, 1.165) is 5.39 Å². The topological polar surface area (TPSA) is 73.4 Å². The van der Waals surface area contributed by atoms with Crippen molar-refractivity contribution in [3.8, 4) is 0 Å². The number of anilines is 1. The molecule has 5 heteroatoms. The van der Waals surface area contributed by atoms with Crippen LogP contribution in [0.3, 0.4) is 0 Å². The number of hydrogen-bond donors (Lipinski definition) is 2. The number of nitrogens with one attached hydrogen (secondary N) is 1. The van der Waals surface area contributed by atoms with Crippen molar-refractivity contribution in [2.45, 2.75) is 19.4 Å². The highest BCUT2D eigenvalue weighted by Gasteiger charge is 2.36. The van der Waals surface area contributed by atoms with Crippen molar-refractivity contribution in [1.29, 1.82) is 0 Å². The molecule has 2 unspecified atom stereocenters. The Morgan fingerprint density at radius 3 is 2.85 bits per heavy atom. The molecule has 0 saturated carbocycles. The molecule has 0 radical (unpaired) electrons. The van der Waals surface area contributed by atoms with Gasteiger partial charge in [0.05, 0.1) is 5.92 Å². The van der Waals surface area contributed by atoms with E-state index >= 15 is 0 Å². The molecule has 1 saturated heterocycles. The van der Waals surface area contributed by atoms with Gasteiger partial charge in [0.15, 0.2) is 0 Å². The van der Waals surface area contributed by atoms with Crippen molar-refractivity contribution in [3.63, 3.8) is 0 Å². The van der Waals surface area contributed by atoms with Gasteiger partial charge in [-0.2, -0.15) is 0 Å². The third kappa shape index (κ3) is 1.95. The highest BCUT2D eigenvalue weighted by Crippen LogP contribution is 2.29.